The van der Waals surface area contributed by atoms with Gasteiger partial charge in [0.05, 0.1) is 0 Å². The van der Waals surface area contributed by atoms with Gasteiger partial charge in [0.25, 0.3) is 0 Å². The Morgan fingerprint density at radius 3 is 1.27 bits per heavy atom. The van der Waals surface area contributed by atoms with Crippen LogP contribution in [0.2, 0.25) is 10.6 Å². The zero-order chi connectivity index (χ0) is 23.5. The molecular formula is C22H44N2O4Se2. The van der Waals surface area contributed by atoms with E-state index in [-0.39, 0.29) is 24.3 Å². The van der Waals surface area contributed by atoms with E-state index < -0.39 is 11.2 Å². The van der Waals surface area contributed by atoms with Crippen LogP contribution in [0.1, 0.15) is 82.1 Å². The first kappa shape index (κ1) is 29.6. The van der Waals surface area contributed by atoms with Crippen molar-refractivity contribution in [3.8, 4) is 0 Å². The Hall–Kier alpha value is -0.421. The van der Waals surface area contributed by atoms with Crippen LogP contribution in [0.3, 0.4) is 0 Å². The van der Waals surface area contributed by atoms with Gasteiger partial charge in [0.15, 0.2) is 0 Å². The quantitative estimate of drug-likeness (QED) is 0.276. The van der Waals surface area contributed by atoms with Gasteiger partial charge in [-0.1, -0.05) is 0 Å². The van der Waals surface area contributed by atoms with Crippen molar-refractivity contribution in [2.24, 2.45) is 11.8 Å². The van der Waals surface area contributed by atoms with E-state index in [0.29, 0.717) is 38.1 Å². The van der Waals surface area contributed by atoms with E-state index in [1.807, 2.05) is 41.5 Å². The maximum absolute atomic E-state index is 12.2. The average molecular weight is 559 g/mol. The van der Waals surface area contributed by atoms with Crippen molar-refractivity contribution < 1.29 is 19.1 Å². The summed E-state index contributed by atoms with van der Waals surface area (Å²) >= 11 is 0.856. The molecule has 0 aromatic heterocycles. The normalized spacial score (nSPS) is 16.2. The van der Waals surface area contributed by atoms with Gasteiger partial charge in [0.2, 0.25) is 0 Å². The summed E-state index contributed by atoms with van der Waals surface area (Å²) in [6.07, 6.45) is 1.36. The molecule has 178 valence electrons. The molecule has 0 saturated carbocycles. The van der Waals surface area contributed by atoms with Crippen molar-refractivity contribution in [2.75, 3.05) is 0 Å². The van der Waals surface area contributed by atoms with Crippen molar-refractivity contribution in [1.82, 2.24) is 10.6 Å². The van der Waals surface area contributed by atoms with E-state index in [1.165, 1.54) is 0 Å². The van der Waals surface area contributed by atoms with E-state index in [0.717, 1.165) is 23.5 Å². The summed E-state index contributed by atoms with van der Waals surface area (Å²) in [5.41, 5.74) is -0.980. The van der Waals surface area contributed by atoms with Crippen LogP contribution in [0.4, 0.5) is 9.59 Å². The van der Waals surface area contributed by atoms with Crippen LogP contribution in [0, 0.1) is 11.8 Å². The summed E-state index contributed by atoms with van der Waals surface area (Å²) in [5, 5.41) is 8.13. The van der Waals surface area contributed by atoms with Gasteiger partial charge < -0.3 is 0 Å². The molecule has 0 aromatic carbocycles. The van der Waals surface area contributed by atoms with Gasteiger partial charge in [-0.05, 0) is 0 Å². The second-order valence-electron chi connectivity index (χ2n) is 9.85. The Balaban J connectivity index is 4.70. The van der Waals surface area contributed by atoms with Gasteiger partial charge in [0.1, 0.15) is 0 Å². The van der Waals surface area contributed by atoms with Crippen LogP contribution >= 0.6 is 0 Å². The van der Waals surface area contributed by atoms with Gasteiger partial charge >= 0.3 is 196 Å². The summed E-state index contributed by atoms with van der Waals surface area (Å²) in [5.74, 6) is 0.806. The van der Waals surface area contributed by atoms with Gasteiger partial charge in [-0.2, -0.15) is 0 Å². The van der Waals surface area contributed by atoms with E-state index in [2.05, 4.69) is 38.3 Å². The molecule has 6 nitrogen and oxygen atoms in total. The Morgan fingerprint density at radius 1 is 0.733 bits per heavy atom. The summed E-state index contributed by atoms with van der Waals surface area (Å²) in [6, 6.07) is 0.264. The number of carbonyl (C=O) groups excluding carboxylic acids is 2. The minimum atomic E-state index is -0.490. The molecule has 0 bridgehead atoms. The van der Waals surface area contributed by atoms with Crippen LogP contribution in [0.15, 0.2) is 0 Å². The Morgan fingerprint density at radius 2 is 1.03 bits per heavy atom. The first-order valence-corrected chi connectivity index (χ1v) is 17.7. The topological polar surface area (TPSA) is 76.7 Å². The molecule has 0 aliphatic rings. The third-order valence-corrected chi connectivity index (χ3v) is 11.9. The van der Waals surface area contributed by atoms with Gasteiger partial charge in [-0.3, -0.25) is 0 Å². The van der Waals surface area contributed by atoms with E-state index in [4.69, 9.17) is 9.47 Å². The third kappa shape index (κ3) is 14.6. The van der Waals surface area contributed by atoms with E-state index >= 15 is 0 Å². The Kier molecular flexibility index (Phi) is 13.7. The molecule has 0 aromatic rings. The first-order chi connectivity index (χ1) is 13.7. The van der Waals surface area contributed by atoms with Crippen molar-refractivity contribution in [2.45, 2.75) is 116 Å². The van der Waals surface area contributed by atoms with Crippen LogP contribution in [0.5, 0.6) is 0 Å². The molecule has 4 atom stereocenters. The summed E-state index contributed by atoms with van der Waals surface area (Å²) in [4.78, 5) is 24.4. The molecule has 0 rings (SSSR count). The van der Waals surface area contributed by atoms with Crippen LogP contribution in [-0.4, -0.2) is 61.7 Å². The van der Waals surface area contributed by atoms with Crippen molar-refractivity contribution in [3.05, 3.63) is 0 Å². The average Bonchev–Trinajstić information content (AvgIpc) is 2.58. The molecule has 30 heavy (non-hydrogen) atoms. The maximum atomic E-state index is 12.2. The van der Waals surface area contributed by atoms with Crippen LogP contribution < -0.4 is 10.6 Å². The number of hydrogen-bond acceptors (Lipinski definition) is 4. The monoisotopic (exact) mass is 560 g/mol. The molecule has 0 saturated heterocycles. The number of nitrogens with one attached hydrogen (secondary N) is 2. The number of rotatable bonds is 11. The van der Waals surface area contributed by atoms with Crippen molar-refractivity contribution in [1.29, 1.82) is 0 Å². The summed E-state index contributed by atoms with van der Waals surface area (Å²) in [6.45, 7) is 19.9. The zero-order valence-electron chi connectivity index (χ0n) is 20.6. The molecule has 0 radical (unpaired) electrons. The molecule has 2 N–H and O–H groups in total. The number of hydrogen-bond donors (Lipinski definition) is 2. The summed E-state index contributed by atoms with van der Waals surface area (Å²) < 4.78 is 10.9. The minimum absolute atomic E-state index is 0.132. The molecule has 8 heteroatoms. The fraction of sp³-hybridized carbons (Fsp3) is 0.909. The van der Waals surface area contributed by atoms with Crippen molar-refractivity contribution in [3.63, 3.8) is 0 Å². The van der Waals surface area contributed by atoms with Gasteiger partial charge in [0, 0.05) is 0 Å². The van der Waals surface area contributed by atoms with Crippen LogP contribution in [-0.2, 0) is 9.47 Å². The van der Waals surface area contributed by atoms with Crippen LogP contribution in [0.25, 0.3) is 0 Å². The second kappa shape index (κ2) is 13.9. The van der Waals surface area contributed by atoms with E-state index in [1.54, 1.807) is 0 Å². The van der Waals surface area contributed by atoms with Gasteiger partial charge in [-0.25, -0.2) is 0 Å². The Labute approximate surface area is 195 Å². The molecule has 0 aliphatic carbocycles. The predicted octanol–water partition coefficient (Wildman–Crippen LogP) is 5.03. The SMILES string of the molecule is CCC(C)[C@@H](C[Se][Se]C[C@@H](NC(=O)OC(C)(C)C)C(C)CC)NC(=O)OC(C)(C)C. The molecule has 0 fully saturated rings. The molecule has 0 aliphatic heterocycles. The molecule has 2 unspecified atom stereocenters. The third-order valence-electron chi connectivity index (χ3n) is 4.64. The molecular weight excluding hydrogens is 514 g/mol. The zero-order valence-corrected chi connectivity index (χ0v) is 24.0. The predicted molar refractivity (Wildman–Crippen MR) is 126 cm³/mol. The van der Waals surface area contributed by atoms with Crippen molar-refractivity contribution >= 4 is 38.4 Å². The molecule has 0 spiro atoms. The molecule has 0 heterocycles. The fourth-order valence-electron chi connectivity index (χ4n) is 2.43. The van der Waals surface area contributed by atoms with E-state index in [9.17, 15) is 9.59 Å². The second-order valence-corrected chi connectivity index (χ2v) is 17.4. The first-order valence-electron chi connectivity index (χ1n) is 10.9. The fourth-order valence-corrected chi connectivity index (χ4v) is 10.5. The number of alkyl carbamates (subject to hydrolysis) is 2. The van der Waals surface area contributed by atoms with Gasteiger partial charge in [-0.15, -0.1) is 0 Å². The standard InChI is InChI=1S/C22H44N2O4Se2/c1-11-15(3)17(23-19(25)27-21(5,6)7)13-29-30-14-18(16(4)12-2)24-20(26)28-22(8,9)10/h15-18H,11-14H2,1-10H3,(H,23,25)(H,24,26)/t15?,16?,17-,18-/m1/s1. The number of amides is 2. The Bertz CT molecular complexity index is 472. The number of carbonyl (C=O) groups is 2. The summed E-state index contributed by atoms with van der Waals surface area (Å²) in [7, 11) is 0. The number of ether oxygens (including phenoxy) is 2. The molecule has 2 amide bonds.